The molecule has 0 radical (unpaired) electrons. The second-order valence-corrected chi connectivity index (χ2v) is 6.31. The van der Waals surface area contributed by atoms with Gasteiger partial charge >= 0.3 is 6.18 Å². The minimum absolute atomic E-state index is 0.372. The molecule has 0 spiro atoms. The van der Waals surface area contributed by atoms with Gasteiger partial charge in [0.1, 0.15) is 5.25 Å². The first-order chi connectivity index (χ1) is 8.59. The van der Waals surface area contributed by atoms with Crippen molar-refractivity contribution >= 4 is 27.3 Å². The molecule has 108 valence electrons. The summed E-state index contributed by atoms with van der Waals surface area (Å²) in [6.07, 6.45) is -4.74. The third kappa shape index (κ3) is 3.74. The standard InChI is InChI=1S/C10H11ClF3NO3S/c1-6(5-16)19(17,18)15-9-7(10(12,13)14)3-2-4-8(9)11/h2-4,6,15-16H,5H2,1H3. The number of nitrogens with one attached hydrogen (secondary N) is 1. The number of hydrogen-bond acceptors (Lipinski definition) is 3. The molecule has 1 atom stereocenters. The van der Waals surface area contributed by atoms with Gasteiger partial charge in [0.25, 0.3) is 0 Å². The number of halogens is 4. The quantitative estimate of drug-likeness (QED) is 0.896. The van der Waals surface area contributed by atoms with Crippen molar-refractivity contribution in [3.8, 4) is 0 Å². The fraction of sp³-hybridized carbons (Fsp3) is 0.400. The maximum atomic E-state index is 12.7. The van der Waals surface area contributed by atoms with Crippen LogP contribution in [0.3, 0.4) is 0 Å². The third-order valence-corrected chi connectivity index (χ3v) is 4.36. The van der Waals surface area contributed by atoms with Gasteiger partial charge < -0.3 is 5.11 Å². The van der Waals surface area contributed by atoms with Crippen molar-refractivity contribution in [2.75, 3.05) is 11.3 Å². The Labute approximate surface area is 113 Å². The van der Waals surface area contributed by atoms with Crippen molar-refractivity contribution in [3.63, 3.8) is 0 Å². The molecule has 1 unspecified atom stereocenters. The van der Waals surface area contributed by atoms with Crippen molar-refractivity contribution in [3.05, 3.63) is 28.8 Å². The summed E-state index contributed by atoms with van der Waals surface area (Å²) in [6.45, 7) is 0.438. The molecule has 0 saturated heterocycles. The van der Waals surface area contributed by atoms with Crippen LogP contribution >= 0.6 is 11.6 Å². The molecule has 1 rings (SSSR count). The minimum Gasteiger partial charge on any atom is -0.395 e. The second kappa shape index (κ2) is 5.56. The molecule has 9 heteroatoms. The van der Waals surface area contributed by atoms with Crippen LogP contribution in [0.15, 0.2) is 18.2 Å². The van der Waals surface area contributed by atoms with Crippen molar-refractivity contribution < 1.29 is 26.7 Å². The predicted molar refractivity (Wildman–Crippen MR) is 65.5 cm³/mol. The fourth-order valence-electron chi connectivity index (χ4n) is 1.21. The Morgan fingerprint density at radius 2 is 2.00 bits per heavy atom. The molecule has 1 aromatic carbocycles. The zero-order valence-electron chi connectivity index (χ0n) is 9.70. The molecule has 0 aliphatic carbocycles. The first kappa shape index (κ1) is 16.1. The Kier molecular flexibility index (Phi) is 4.70. The summed E-state index contributed by atoms with van der Waals surface area (Å²) in [5.74, 6) is 0. The van der Waals surface area contributed by atoms with Crippen LogP contribution in [0.1, 0.15) is 12.5 Å². The summed E-state index contributed by atoms with van der Waals surface area (Å²) < 4.78 is 63.3. The number of alkyl halides is 3. The lowest BCUT2D eigenvalue weighted by Crippen LogP contribution is -2.29. The topological polar surface area (TPSA) is 66.4 Å². The van der Waals surface area contributed by atoms with E-state index in [4.69, 9.17) is 16.7 Å². The fourth-order valence-corrected chi connectivity index (χ4v) is 2.38. The molecular weight excluding hydrogens is 307 g/mol. The molecule has 0 aromatic heterocycles. The van der Waals surface area contributed by atoms with E-state index in [2.05, 4.69) is 0 Å². The Balaban J connectivity index is 3.29. The maximum absolute atomic E-state index is 12.7. The van der Waals surface area contributed by atoms with Crippen LogP contribution in [0.4, 0.5) is 18.9 Å². The minimum atomic E-state index is -4.74. The number of para-hydroxylation sites is 1. The number of aliphatic hydroxyl groups excluding tert-OH is 1. The summed E-state index contributed by atoms with van der Waals surface area (Å²) in [7, 11) is -4.15. The van der Waals surface area contributed by atoms with E-state index in [9.17, 15) is 21.6 Å². The van der Waals surface area contributed by atoms with Crippen LogP contribution in [0.25, 0.3) is 0 Å². The Bertz CT molecular complexity index is 560. The van der Waals surface area contributed by atoms with Crippen molar-refractivity contribution in [1.29, 1.82) is 0 Å². The predicted octanol–water partition coefficient (Wildman–Crippen LogP) is 2.48. The summed E-state index contributed by atoms with van der Waals surface area (Å²) in [6, 6.07) is 2.92. The molecule has 0 bridgehead atoms. The second-order valence-electron chi connectivity index (χ2n) is 3.80. The van der Waals surface area contributed by atoms with Gasteiger partial charge in [0, 0.05) is 0 Å². The Morgan fingerprint density at radius 1 is 1.42 bits per heavy atom. The number of hydrogen-bond donors (Lipinski definition) is 2. The highest BCUT2D eigenvalue weighted by atomic mass is 35.5. The van der Waals surface area contributed by atoms with E-state index < -0.39 is 39.3 Å². The Morgan fingerprint density at radius 3 is 2.47 bits per heavy atom. The van der Waals surface area contributed by atoms with Crippen molar-refractivity contribution in [1.82, 2.24) is 0 Å². The molecule has 4 nitrogen and oxygen atoms in total. The van der Waals surface area contributed by atoms with Gasteiger partial charge in [-0.15, -0.1) is 0 Å². The maximum Gasteiger partial charge on any atom is 0.418 e. The van der Waals surface area contributed by atoms with E-state index in [-0.39, 0.29) is 5.02 Å². The van der Waals surface area contributed by atoms with Gasteiger partial charge in [-0.2, -0.15) is 13.2 Å². The SMILES string of the molecule is CC(CO)S(=O)(=O)Nc1c(Cl)cccc1C(F)(F)F. The highest BCUT2D eigenvalue weighted by Gasteiger charge is 2.36. The number of benzene rings is 1. The number of aliphatic hydroxyl groups is 1. The van der Waals surface area contributed by atoms with Crippen LogP contribution in [0.2, 0.25) is 5.02 Å². The highest BCUT2D eigenvalue weighted by molar-refractivity contribution is 7.93. The molecular formula is C10H11ClF3NO3S. The molecule has 0 heterocycles. The Hall–Kier alpha value is -0.990. The first-order valence-corrected chi connectivity index (χ1v) is 7.00. The van der Waals surface area contributed by atoms with E-state index >= 15 is 0 Å². The van der Waals surface area contributed by atoms with Gasteiger partial charge in [0.05, 0.1) is 22.9 Å². The summed E-state index contributed by atoms with van der Waals surface area (Å²) in [5.41, 5.74) is -1.93. The van der Waals surface area contributed by atoms with Gasteiger partial charge in [-0.25, -0.2) is 8.42 Å². The van der Waals surface area contributed by atoms with Gasteiger partial charge in [0.2, 0.25) is 10.0 Å². The van der Waals surface area contributed by atoms with Crippen molar-refractivity contribution in [2.24, 2.45) is 0 Å². The number of anilines is 1. The molecule has 0 saturated carbocycles. The van der Waals surface area contributed by atoms with E-state index in [1.165, 1.54) is 0 Å². The van der Waals surface area contributed by atoms with Crippen molar-refractivity contribution in [2.45, 2.75) is 18.3 Å². The van der Waals surface area contributed by atoms with Crippen LogP contribution in [0.5, 0.6) is 0 Å². The molecule has 0 fully saturated rings. The van der Waals surface area contributed by atoms with E-state index in [0.717, 1.165) is 19.1 Å². The highest BCUT2D eigenvalue weighted by Crippen LogP contribution is 2.39. The van der Waals surface area contributed by atoms with Crippen LogP contribution in [-0.4, -0.2) is 25.4 Å². The van der Waals surface area contributed by atoms with E-state index in [0.29, 0.717) is 6.07 Å². The molecule has 19 heavy (non-hydrogen) atoms. The molecule has 0 amide bonds. The van der Waals surface area contributed by atoms with Crippen LogP contribution < -0.4 is 4.72 Å². The van der Waals surface area contributed by atoms with Gasteiger partial charge in [-0.1, -0.05) is 17.7 Å². The first-order valence-electron chi connectivity index (χ1n) is 5.07. The van der Waals surface area contributed by atoms with Gasteiger partial charge in [-0.05, 0) is 19.1 Å². The zero-order chi connectivity index (χ0) is 14.8. The van der Waals surface area contributed by atoms with Gasteiger partial charge in [0.15, 0.2) is 0 Å². The number of rotatable bonds is 4. The van der Waals surface area contributed by atoms with E-state index in [1.54, 1.807) is 4.72 Å². The average molecular weight is 318 g/mol. The van der Waals surface area contributed by atoms with Gasteiger partial charge in [-0.3, -0.25) is 4.72 Å². The molecule has 0 aliphatic heterocycles. The largest absolute Gasteiger partial charge is 0.418 e. The smallest absolute Gasteiger partial charge is 0.395 e. The van der Waals surface area contributed by atoms with Crippen LogP contribution in [0, 0.1) is 0 Å². The summed E-state index contributed by atoms with van der Waals surface area (Å²) in [5, 5.41) is 7.14. The summed E-state index contributed by atoms with van der Waals surface area (Å²) in [4.78, 5) is 0. The monoisotopic (exact) mass is 317 g/mol. The normalized spacial score (nSPS) is 14.2. The molecule has 1 aromatic rings. The summed E-state index contributed by atoms with van der Waals surface area (Å²) >= 11 is 5.60. The number of sulfonamides is 1. The van der Waals surface area contributed by atoms with Crippen LogP contribution in [-0.2, 0) is 16.2 Å². The lowest BCUT2D eigenvalue weighted by molar-refractivity contribution is -0.136. The third-order valence-electron chi connectivity index (χ3n) is 2.35. The molecule has 0 aliphatic rings. The lowest BCUT2D eigenvalue weighted by Gasteiger charge is -2.18. The van der Waals surface area contributed by atoms with E-state index in [1.807, 2.05) is 0 Å². The lowest BCUT2D eigenvalue weighted by atomic mass is 10.2. The molecule has 2 N–H and O–H groups in total. The zero-order valence-corrected chi connectivity index (χ0v) is 11.3. The average Bonchev–Trinajstić information content (AvgIpc) is 2.29.